The highest BCUT2D eigenvalue weighted by Crippen LogP contribution is 2.23. The average molecular weight is 326 g/mol. The normalized spacial score (nSPS) is 13.3. The smallest absolute Gasteiger partial charge is 0.242 e. The third kappa shape index (κ3) is 3.62. The van der Waals surface area contributed by atoms with Crippen LogP contribution in [0.3, 0.4) is 0 Å². The van der Waals surface area contributed by atoms with E-state index < -0.39 is 16.1 Å². The number of aliphatic hydroxyl groups is 1. The molecule has 7 heteroatoms. The van der Waals surface area contributed by atoms with Crippen molar-refractivity contribution in [3.05, 3.63) is 45.6 Å². The lowest BCUT2D eigenvalue weighted by Crippen LogP contribution is -2.29. The van der Waals surface area contributed by atoms with E-state index in [0.717, 1.165) is 11.1 Å². The first kappa shape index (κ1) is 16.0. The van der Waals surface area contributed by atoms with Crippen molar-refractivity contribution in [3.63, 3.8) is 0 Å². The van der Waals surface area contributed by atoms with Crippen LogP contribution < -0.4 is 10.5 Å². The second kappa shape index (κ2) is 6.15. The fraction of sp³-hybridized carbons (Fsp3) is 0.286. The Kier molecular flexibility index (Phi) is 4.67. The summed E-state index contributed by atoms with van der Waals surface area (Å²) in [5, 5.41) is 13.5. The zero-order chi connectivity index (χ0) is 15.6. The van der Waals surface area contributed by atoms with Crippen LogP contribution in [-0.4, -0.2) is 20.1 Å². The number of rotatable bonds is 5. The summed E-state index contributed by atoms with van der Waals surface area (Å²) in [7, 11) is -3.75. The van der Waals surface area contributed by atoms with Gasteiger partial charge in [-0.05, 0) is 59.5 Å². The number of sulfonamides is 1. The van der Waals surface area contributed by atoms with Crippen LogP contribution >= 0.6 is 11.3 Å². The summed E-state index contributed by atoms with van der Waals surface area (Å²) < 4.78 is 27.0. The first-order valence-corrected chi connectivity index (χ1v) is 8.80. The lowest BCUT2D eigenvalue weighted by atomic mass is 10.1. The molecule has 1 atom stereocenters. The molecule has 0 saturated carbocycles. The number of hydrogen-bond donors (Lipinski definition) is 3. The molecular weight excluding hydrogens is 308 g/mol. The van der Waals surface area contributed by atoms with Gasteiger partial charge in [0, 0.05) is 6.54 Å². The Morgan fingerprint density at radius 2 is 2.00 bits per heavy atom. The van der Waals surface area contributed by atoms with Gasteiger partial charge in [-0.2, -0.15) is 11.3 Å². The molecule has 1 aromatic carbocycles. The molecule has 0 aliphatic rings. The van der Waals surface area contributed by atoms with Crippen molar-refractivity contribution in [1.29, 1.82) is 0 Å². The fourth-order valence-corrected chi connectivity index (χ4v) is 3.83. The molecule has 21 heavy (non-hydrogen) atoms. The molecular formula is C14H18N2O3S2. The number of nitrogens with one attached hydrogen (secondary N) is 1. The summed E-state index contributed by atoms with van der Waals surface area (Å²) in [4.78, 5) is 0.0446. The molecule has 5 nitrogen and oxygen atoms in total. The second-order valence-corrected chi connectivity index (χ2v) is 7.41. The third-order valence-corrected chi connectivity index (χ3v) is 5.49. The van der Waals surface area contributed by atoms with Gasteiger partial charge in [-0.15, -0.1) is 0 Å². The van der Waals surface area contributed by atoms with Crippen molar-refractivity contribution in [3.8, 4) is 0 Å². The molecule has 0 aliphatic heterocycles. The molecule has 4 N–H and O–H groups in total. The molecule has 1 unspecified atom stereocenters. The van der Waals surface area contributed by atoms with Crippen molar-refractivity contribution >= 4 is 27.0 Å². The standard InChI is InChI=1S/C14H18N2O3S2/c1-9-5-12(15)14(6-10(9)2)21(18,19)16-7-13(17)11-3-4-20-8-11/h3-6,8,13,16-17H,7,15H2,1-2H3. The molecule has 0 radical (unpaired) electrons. The summed E-state index contributed by atoms with van der Waals surface area (Å²) in [6.45, 7) is 3.61. The highest BCUT2D eigenvalue weighted by atomic mass is 32.2. The zero-order valence-corrected chi connectivity index (χ0v) is 13.5. The van der Waals surface area contributed by atoms with E-state index in [1.807, 2.05) is 19.2 Å². The fourth-order valence-electron chi connectivity index (χ4n) is 1.89. The Morgan fingerprint density at radius 3 is 2.62 bits per heavy atom. The molecule has 0 aliphatic carbocycles. The van der Waals surface area contributed by atoms with Crippen molar-refractivity contribution in [1.82, 2.24) is 4.72 Å². The predicted molar refractivity (Wildman–Crippen MR) is 84.8 cm³/mol. The Hall–Kier alpha value is -1.41. The minimum absolute atomic E-state index is 0.0446. The number of nitrogen functional groups attached to an aromatic ring is 1. The maximum atomic E-state index is 12.3. The Bertz CT molecular complexity index is 725. The Morgan fingerprint density at radius 1 is 1.33 bits per heavy atom. The third-order valence-electron chi connectivity index (χ3n) is 3.31. The van der Waals surface area contributed by atoms with Gasteiger partial charge < -0.3 is 10.8 Å². The lowest BCUT2D eigenvalue weighted by molar-refractivity contribution is 0.182. The van der Waals surface area contributed by atoms with Crippen LogP contribution in [0.25, 0.3) is 0 Å². The van der Waals surface area contributed by atoms with Crippen LogP contribution in [0, 0.1) is 13.8 Å². The Balaban J connectivity index is 2.17. The van der Waals surface area contributed by atoms with Gasteiger partial charge in [0.25, 0.3) is 0 Å². The van der Waals surface area contributed by atoms with Gasteiger partial charge in [-0.25, -0.2) is 13.1 Å². The SMILES string of the molecule is Cc1cc(N)c(S(=O)(=O)NCC(O)c2ccsc2)cc1C. The van der Waals surface area contributed by atoms with Crippen molar-refractivity contribution in [2.24, 2.45) is 0 Å². The minimum atomic E-state index is -3.75. The first-order valence-electron chi connectivity index (χ1n) is 6.38. The summed E-state index contributed by atoms with van der Waals surface area (Å²) in [5.41, 5.74) is 8.48. The first-order chi connectivity index (χ1) is 9.81. The van der Waals surface area contributed by atoms with E-state index >= 15 is 0 Å². The molecule has 0 amide bonds. The molecule has 0 bridgehead atoms. The quantitative estimate of drug-likeness (QED) is 0.732. The monoisotopic (exact) mass is 326 g/mol. The lowest BCUT2D eigenvalue weighted by Gasteiger charge is -2.14. The summed E-state index contributed by atoms with van der Waals surface area (Å²) in [6, 6.07) is 4.94. The van der Waals surface area contributed by atoms with Gasteiger partial charge in [-0.1, -0.05) is 0 Å². The maximum Gasteiger partial charge on any atom is 0.242 e. The van der Waals surface area contributed by atoms with Gasteiger partial charge in [0.1, 0.15) is 4.90 Å². The predicted octanol–water partition coefficient (Wildman–Crippen LogP) is 1.96. The van der Waals surface area contributed by atoms with E-state index in [2.05, 4.69) is 4.72 Å². The molecule has 0 saturated heterocycles. The molecule has 1 heterocycles. The largest absolute Gasteiger partial charge is 0.398 e. The van der Waals surface area contributed by atoms with E-state index in [4.69, 9.17) is 5.73 Å². The number of thiophene rings is 1. The highest BCUT2D eigenvalue weighted by Gasteiger charge is 2.20. The molecule has 114 valence electrons. The van der Waals surface area contributed by atoms with Crippen molar-refractivity contribution in [2.75, 3.05) is 12.3 Å². The van der Waals surface area contributed by atoms with Crippen molar-refractivity contribution in [2.45, 2.75) is 24.8 Å². The van der Waals surface area contributed by atoms with E-state index in [0.29, 0.717) is 5.56 Å². The van der Waals surface area contributed by atoms with Gasteiger partial charge in [0.15, 0.2) is 0 Å². The Labute approximate surface area is 128 Å². The second-order valence-electron chi connectivity index (χ2n) is 4.90. The van der Waals surface area contributed by atoms with Crippen LogP contribution in [0.2, 0.25) is 0 Å². The van der Waals surface area contributed by atoms with Crippen LogP contribution in [-0.2, 0) is 10.0 Å². The molecule has 0 fully saturated rings. The van der Waals surface area contributed by atoms with Crippen molar-refractivity contribution < 1.29 is 13.5 Å². The van der Waals surface area contributed by atoms with Gasteiger partial charge in [0.05, 0.1) is 11.8 Å². The van der Waals surface area contributed by atoms with Gasteiger partial charge in [0.2, 0.25) is 10.0 Å². The number of aliphatic hydroxyl groups excluding tert-OH is 1. The molecule has 1 aromatic heterocycles. The highest BCUT2D eigenvalue weighted by molar-refractivity contribution is 7.89. The van der Waals surface area contributed by atoms with Crippen LogP contribution in [0.1, 0.15) is 22.8 Å². The van der Waals surface area contributed by atoms with Crippen LogP contribution in [0.15, 0.2) is 33.9 Å². The number of aryl methyl sites for hydroxylation is 2. The number of benzene rings is 1. The molecule has 2 aromatic rings. The molecule has 0 spiro atoms. The summed E-state index contributed by atoms with van der Waals surface area (Å²) >= 11 is 1.45. The van der Waals surface area contributed by atoms with Gasteiger partial charge in [-0.3, -0.25) is 0 Å². The number of anilines is 1. The summed E-state index contributed by atoms with van der Waals surface area (Å²) in [6.07, 6.45) is -0.876. The van der Waals surface area contributed by atoms with Gasteiger partial charge >= 0.3 is 0 Å². The van der Waals surface area contributed by atoms with E-state index in [1.54, 1.807) is 23.6 Å². The zero-order valence-electron chi connectivity index (χ0n) is 11.8. The van der Waals surface area contributed by atoms with E-state index in [9.17, 15) is 13.5 Å². The van der Waals surface area contributed by atoms with E-state index in [1.165, 1.54) is 11.3 Å². The van der Waals surface area contributed by atoms with Crippen LogP contribution in [0.5, 0.6) is 0 Å². The maximum absolute atomic E-state index is 12.3. The summed E-state index contributed by atoms with van der Waals surface area (Å²) in [5.74, 6) is 0. The number of hydrogen-bond acceptors (Lipinski definition) is 5. The molecule has 2 rings (SSSR count). The minimum Gasteiger partial charge on any atom is -0.398 e. The van der Waals surface area contributed by atoms with Crippen LogP contribution in [0.4, 0.5) is 5.69 Å². The average Bonchev–Trinajstić information content (AvgIpc) is 2.94. The number of nitrogens with two attached hydrogens (primary N) is 1. The van der Waals surface area contributed by atoms with E-state index in [-0.39, 0.29) is 17.1 Å². The topological polar surface area (TPSA) is 92.4 Å².